The topological polar surface area (TPSA) is 52.8 Å². The lowest BCUT2D eigenvalue weighted by molar-refractivity contribution is 0.305. The van der Waals surface area contributed by atoms with Crippen LogP contribution in [0.5, 0.6) is 5.75 Å². The molecule has 106 valence electrons. The van der Waals surface area contributed by atoms with Crippen molar-refractivity contribution in [1.29, 1.82) is 0 Å². The van der Waals surface area contributed by atoms with Crippen LogP contribution in [0.2, 0.25) is 0 Å². The van der Waals surface area contributed by atoms with Gasteiger partial charge in [-0.2, -0.15) is 0 Å². The summed E-state index contributed by atoms with van der Waals surface area (Å²) < 4.78 is 20.9. The van der Waals surface area contributed by atoms with E-state index in [2.05, 4.69) is 31.5 Å². The number of nitrogens with zero attached hydrogens (tertiary/aromatic N) is 4. The summed E-state index contributed by atoms with van der Waals surface area (Å²) in [6.45, 7) is 0.352. The van der Waals surface area contributed by atoms with E-state index in [1.807, 2.05) is 24.3 Å². The minimum atomic E-state index is -0.281. The highest BCUT2D eigenvalue weighted by Gasteiger charge is 2.03. The Balaban J connectivity index is 1.68. The van der Waals surface area contributed by atoms with Gasteiger partial charge in [0.15, 0.2) is 0 Å². The Morgan fingerprint density at radius 3 is 2.62 bits per heavy atom. The molecule has 0 aliphatic rings. The molecular weight excluding hydrogens is 339 g/mol. The van der Waals surface area contributed by atoms with E-state index in [-0.39, 0.29) is 5.82 Å². The molecule has 0 amide bonds. The maximum Gasteiger partial charge on any atom is 0.143 e. The van der Waals surface area contributed by atoms with Gasteiger partial charge >= 0.3 is 0 Å². The Bertz CT molecular complexity index is 731. The van der Waals surface area contributed by atoms with Crippen LogP contribution in [0.3, 0.4) is 0 Å². The normalized spacial score (nSPS) is 10.6. The zero-order chi connectivity index (χ0) is 14.7. The molecule has 0 fully saturated rings. The quantitative estimate of drug-likeness (QED) is 0.726. The molecule has 0 saturated carbocycles. The van der Waals surface area contributed by atoms with Gasteiger partial charge in [-0.05, 0) is 46.8 Å². The summed E-state index contributed by atoms with van der Waals surface area (Å²) in [7, 11) is 0. The average Bonchev–Trinajstić information content (AvgIpc) is 3.01. The molecule has 0 N–H and O–H groups in total. The summed E-state index contributed by atoms with van der Waals surface area (Å²) in [6, 6.07) is 11.9. The summed E-state index contributed by atoms with van der Waals surface area (Å²) in [6.07, 6.45) is 1.52. The molecule has 7 heteroatoms. The fourth-order valence-electron chi connectivity index (χ4n) is 1.77. The van der Waals surface area contributed by atoms with Gasteiger partial charge in [0, 0.05) is 10.0 Å². The maximum atomic E-state index is 13.0. The summed E-state index contributed by atoms with van der Waals surface area (Å²) in [4.78, 5) is 0. The van der Waals surface area contributed by atoms with E-state index < -0.39 is 0 Å². The van der Waals surface area contributed by atoms with Crippen molar-refractivity contribution < 1.29 is 9.13 Å². The highest BCUT2D eigenvalue weighted by atomic mass is 79.9. The molecule has 2 aromatic carbocycles. The van der Waals surface area contributed by atoms with Crippen molar-refractivity contribution in [3.63, 3.8) is 0 Å². The number of hydrogen-bond acceptors (Lipinski definition) is 4. The van der Waals surface area contributed by atoms with Crippen LogP contribution >= 0.6 is 15.9 Å². The van der Waals surface area contributed by atoms with Crippen LogP contribution in [0.1, 0.15) is 5.56 Å². The summed E-state index contributed by atoms with van der Waals surface area (Å²) >= 11 is 3.31. The molecule has 0 unspecified atom stereocenters. The van der Waals surface area contributed by atoms with Gasteiger partial charge in [0.1, 0.15) is 24.5 Å². The predicted molar refractivity (Wildman–Crippen MR) is 77.6 cm³/mol. The van der Waals surface area contributed by atoms with E-state index in [1.54, 1.807) is 10.7 Å². The van der Waals surface area contributed by atoms with Crippen LogP contribution in [0.4, 0.5) is 4.39 Å². The predicted octanol–water partition coefficient (Wildman–Crippen LogP) is 3.14. The van der Waals surface area contributed by atoms with Crippen molar-refractivity contribution in [2.24, 2.45) is 0 Å². The first kappa shape index (κ1) is 13.7. The minimum Gasteiger partial charge on any atom is -0.489 e. The Kier molecular flexibility index (Phi) is 3.92. The van der Waals surface area contributed by atoms with E-state index >= 15 is 0 Å². The fraction of sp³-hybridized carbons (Fsp3) is 0.0714. The van der Waals surface area contributed by atoms with Crippen LogP contribution in [0.15, 0.2) is 53.3 Å². The zero-order valence-corrected chi connectivity index (χ0v) is 12.4. The second-order valence-electron chi connectivity index (χ2n) is 4.27. The van der Waals surface area contributed by atoms with Crippen LogP contribution in [0.25, 0.3) is 5.69 Å². The molecule has 0 atom stereocenters. The average molecular weight is 349 g/mol. The van der Waals surface area contributed by atoms with E-state index in [9.17, 15) is 4.39 Å². The molecule has 21 heavy (non-hydrogen) atoms. The van der Waals surface area contributed by atoms with Crippen LogP contribution in [-0.4, -0.2) is 20.2 Å². The standard InChI is InChI=1S/C14H10BrFN4O/c15-14-7-11(16)2-1-10(14)8-21-13-5-3-12(4-6-13)20-9-17-18-19-20/h1-7,9H,8H2. The highest BCUT2D eigenvalue weighted by molar-refractivity contribution is 9.10. The molecule has 0 aliphatic carbocycles. The van der Waals surface area contributed by atoms with Gasteiger partial charge in [0.05, 0.1) is 5.69 Å². The Morgan fingerprint density at radius 1 is 1.14 bits per heavy atom. The molecule has 1 aromatic heterocycles. The lowest BCUT2D eigenvalue weighted by Crippen LogP contribution is -1.98. The minimum absolute atomic E-state index is 0.281. The first-order valence-electron chi connectivity index (χ1n) is 6.12. The van der Waals surface area contributed by atoms with Gasteiger partial charge in [-0.25, -0.2) is 9.07 Å². The SMILES string of the molecule is Fc1ccc(COc2ccc(-n3cnnn3)cc2)c(Br)c1. The molecular formula is C14H10BrFN4O. The third-order valence-electron chi connectivity index (χ3n) is 2.86. The van der Waals surface area contributed by atoms with Crippen LogP contribution < -0.4 is 4.74 Å². The monoisotopic (exact) mass is 348 g/mol. The number of rotatable bonds is 4. The Hall–Kier alpha value is -2.28. The fourth-order valence-corrected chi connectivity index (χ4v) is 2.24. The van der Waals surface area contributed by atoms with E-state index in [0.29, 0.717) is 16.8 Å². The maximum absolute atomic E-state index is 13.0. The van der Waals surface area contributed by atoms with E-state index in [0.717, 1.165) is 11.3 Å². The number of aromatic nitrogens is 4. The van der Waals surface area contributed by atoms with Crippen molar-refractivity contribution in [2.45, 2.75) is 6.61 Å². The number of hydrogen-bond donors (Lipinski definition) is 0. The van der Waals surface area contributed by atoms with Crippen molar-refractivity contribution in [1.82, 2.24) is 20.2 Å². The smallest absolute Gasteiger partial charge is 0.143 e. The number of ether oxygens (including phenoxy) is 1. The van der Waals surface area contributed by atoms with E-state index in [4.69, 9.17) is 4.74 Å². The van der Waals surface area contributed by atoms with Crippen molar-refractivity contribution in [2.75, 3.05) is 0 Å². The van der Waals surface area contributed by atoms with Gasteiger partial charge in [-0.3, -0.25) is 0 Å². The van der Waals surface area contributed by atoms with Crippen molar-refractivity contribution >= 4 is 15.9 Å². The molecule has 0 spiro atoms. The molecule has 3 rings (SSSR count). The summed E-state index contributed by atoms with van der Waals surface area (Å²) in [5.41, 5.74) is 1.72. The van der Waals surface area contributed by atoms with Gasteiger partial charge in [-0.15, -0.1) is 5.10 Å². The first-order chi connectivity index (χ1) is 10.2. The molecule has 0 aliphatic heterocycles. The van der Waals surface area contributed by atoms with Crippen LogP contribution in [0, 0.1) is 5.82 Å². The Morgan fingerprint density at radius 2 is 1.95 bits per heavy atom. The third kappa shape index (κ3) is 3.25. The second-order valence-corrected chi connectivity index (χ2v) is 5.13. The van der Waals surface area contributed by atoms with Gasteiger partial charge in [0.2, 0.25) is 0 Å². The second kappa shape index (κ2) is 6.01. The summed E-state index contributed by atoms with van der Waals surface area (Å²) in [5, 5.41) is 11.0. The molecule has 3 aromatic rings. The van der Waals surface area contributed by atoms with Crippen molar-refractivity contribution in [3.8, 4) is 11.4 Å². The molecule has 5 nitrogen and oxygen atoms in total. The van der Waals surface area contributed by atoms with Gasteiger partial charge in [-0.1, -0.05) is 22.0 Å². The highest BCUT2D eigenvalue weighted by Crippen LogP contribution is 2.21. The third-order valence-corrected chi connectivity index (χ3v) is 3.60. The largest absolute Gasteiger partial charge is 0.489 e. The summed E-state index contributed by atoms with van der Waals surface area (Å²) in [5.74, 6) is 0.430. The number of halogens is 2. The molecule has 0 bridgehead atoms. The van der Waals surface area contributed by atoms with E-state index in [1.165, 1.54) is 18.5 Å². The lowest BCUT2D eigenvalue weighted by Gasteiger charge is -2.08. The van der Waals surface area contributed by atoms with Gasteiger partial charge < -0.3 is 4.74 Å². The Labute approximate surface area is 128 Å². The molecule has 1 heterocycles. The molecule has 0 saturated heterocycles. The van der Waals surface area contributed by atoms with Gasteiger partial charge in [0.25, 0.3) is 0 Å². The number of benzene rings is 2. The lowest BCUT2D eigenvalue weighted by atomic mass is 10.2. The van der Waals surface area contributed by atoms with Crippen molar-refractivity contribution in [3.05, 3.63) is 64.6 Å². The molecule has 0 radical (unpaired) electrons. The van der Waals surface area contributed by atoms with Crippen LogP contribution in [-0.2, 0) is 6.61 Å². The zero-order valence-electron chi connectivity index (χ0n) is 10.8. The first-order valence-corrected chi connectivity index (χ1v) is 6.92. The number of tetrazole rings is 1.